The maximum atomic E-state index is 11.5. The molecule has 0 saturated carbocycles. The summed E-state index contributed by atoms with van der Waals surface area (Å²) >= 11 is 0. The molecule has 0 bridgehead atoms. The molecule has 0 heterocycles. The summed E-state index contributed by atoms with van der Waals surface area (Å²) in [5.41, 5.74) is 0. The molecule has 0 amide bonds. The summed E-state index contributed by atoms with van der Waals surface area (Å²) in [5.74, 6) is -0.114. The van der Waals surface area contributed by atoms with Crippen LogP contribution in [0.4, 0.5) is 0 Å². The highest BCUT2D eigenvalue weighted by atomic mass is 16.5. The molecule has 0 aliphatic heterocycles. The number of aliphatic hydroxyl groups excluding tert-OH is 1. The van der Waals surface area contributed by atoms with Crippen LogP contribution in [0.15, 0.2) is 0 Å². The highest BCUT2D eigenvalue weighted by Crippen LogP contribution is 2.10. The number of unbranched alkanes of at least 4 members (excludes halogenated alkanes) is 5. The predicted octanol–water partition coefficient (Wildman–Crippen LogP) is 3.30. The maximum absolute atomic E-state index is 11.5. The van der Waals surface area contributed by atoms with Crippen molar-refractivity contribution in [1.29, 1.82) is 0 Å². The van der Waals surface area contributed by atoms with Gasteiger partial charge in [0.25, 0.3) is 0 Å². The molecule has 2 atom stereocenters. The second-order valence-electron chi connectivity index (χ2n) is 4.87. The van der Waals surface area contributed by atoms with Crippen LogP contribution in [0, 0.1) is 5.92 Å². The Hall–Kier alpha value is -0.570. The van der Waals surface area contributed by atoms with Crippen LogP contribution in [-0.2, 0) is 9.53 Å². The first-order valence-electron chi connectivity index (χ1n) is 6.92. The van der Waals surface area contributed by atoms with Crippen molar-refractivity contribution in [3.8, 4) is 0 Å². The Kier molecular flexibility index (Phi) is 10.2. The third kappa shape index (κ3) is 9.16. The van der Waals surface area contributed by atoms with E-state index in [1.54, 1.807) is 0 Å². The fourth-order valence-electron chi connectivity index (χ4n) is 1.58. The lowest BCUT2D eigenvalue weighted by Gasteiger charge is -2.18. The molecule has 0 fully saturated rings. The zero-order valence-corrected chi connectivity index (χ0v) is 11.6. The van der Waals surface area contributed by atoms with Gasteiger partial charge in [0.2, 0.25) is 0 Å². The third-order valence-electron chi connectivity index (χ3n) is 3.14. The van der Waals surface area contributed by atoms with Crippen molar-refractivity contribution in [2.75, 3.05) is 6.61 Å². The van der Waals surface area contributed by atoms with Gasteiger partial charge in [-0.3, -0.25) is 4.79 Å². The average Bonchev–Trinajstić information content (AvgIpc) is 2.32. The number of aliphatic hydroxyl groups is 1. The van der Waals surface area contributed by atoms with E-state index in [1.807, 2.05) is 13.8 Å². The summed E-state index contributed by atoms with van der Waals surface area (Å²) in [6.07, 6.45) is 7.37. The molecule has 2 unspecified atom stereocenters. The van der Waals surface area contributed by atoms with Crippen molar-refractivity contribution >= 4 is 5.97 Å². The largest absolute Gasteiger partial charge is 0.462 e. The van der Waals surface area contributed by atoms with Crippen molar-refractivity contribution < 1.29 is 14.6 Å². The summed E-state index contributed by atoms with van der Waals surface area (Å²) in [6, 6.07) is 0. The van der Waals surface area contributed by atoms with Gasteiger partial charge >= 0.3 is 5.97 Å². The smallest absolute Gasteiger partial charge is 0.306 e. The van der Waals surface area contributed by atoms with E-state index >= 15 is 0 Å². The lowest BCUT2D eigenvalue weighted by molar-refractivity contribution is -0.151. The monoisotopic (exact) mass is 244 g/mol. The zero-order chi connectivity index (χ0) is 13.1. The number of carbonyl (C=O) groups excluding carboxylic acids is 1. The van der Waals surface area contributed by atoms with E-state index in [0.29, 0.717) is 6.42 Å². The molecule has 1 N–H and O–H groups in total. The molecular weight excluding hydrogens is 216 g/mol. The lowest BCUT2D eigenvalue weighted by atomic mass is 10.1. The summed E-state index contributed by atoms with van der Waals surface area (Å²) in [4.78, 5) is 11.5. The van der Waals surface area contributed by atoms with Gasteiger partial charge in [0.1, 0.15) is 6.10 Å². The molecule has 0 aromatic carbocycles. The minimum Gasteiger partial charge on any atom is -0.462 e. The molecule has 17 heavy (non-hydrogen) atoms. The van der Waals surface area contributed by atoms with Crippen molar-refractivity contribution in [3.05, 3.63) is 0 Å². The van der Waals surface area contributed by atoms with Crippen LogP contribution in [0.2, 0.25) is 0 Å². The van der Waals surface area contributed by atoms with E-state index in [0.717, 1.165) is 12.8 Å². The fourth-order valence-corrected chi connectivity index (χ4v) is 1.58. The SMILES string of the molecule is CCCCCCCCC(=O)OC(C)C(C)CO. The van der Waals surface area contributed by atoms with Gasteiger partial charge in [-0.15, -0.1) is 0 Å². The number of esters is 1. The fraction of sp³-hybridized carbons (Fsp3) is 0.929. The number of carbonyl (C=O) groups is 1. The predicted molar refractivity (Wildman–Crippen MR) is 69.8 cm³/mol. The van der Waals surface area contributed by atoms with Crippen LogP contribution >= 0.6 is 0 Å². The topological polar surface area (TPSA) is 46.5 Å². The highest BCUT2D eigenvalue weighted by molar-refractivity contribution is 5.69. The van der Waals surface area contributed by atoms with Crippen LogP contribution in [0.3, 0.4) is 0 Å². The molecule has 0 rings (SSSR count). The van der Waals surface area contributed by atoms with Crippen LogP contribution in [0.5, 0.6) is 0 Å². The first kappa shape index (κ1) is 16.4. The Labute approximate surface area is 106 Å². The maximum Gasteiger partial charge on any atom is 0.306 e. The van der Waals surface area contributed by atoms with Crippen molar-refractivity contribution in [1.82, 2.24) is 0 Å². The summed E-state index contributed by atoms with van der Waals surface area (Å²) < 4.78 is 5.23. The van der Waals surface area contributed by atoms with Gasteiger partial charge in [-0.25, -0.2) is 0 Å². The summed E-state index contributed by atoms with van der Waals surface area (Å²) in [7, 11) is 0. The zero-order valence-electron chi connectivity index (χ0n) is 11.6. The van der Waals surface area contributed by atoms with E-state index in [9.17, 15) is 4.79 Å². The molecule has 0 aromatic rings. The van der Waals surface area contributed by atoms with Crippen molar-refractivity contribution in [3.63, 3.8) is 0 Å². The standard InChI is InChI=1S/C14H28O3/c1-4-5-6-7-8-9-10-14(16)17-13(3)12(2)11-15/h12-13,15H,4-11H2,1-3H3. The second-order valence-corrected chi connectivity index (χ2v) is 4.87. The molecular formula is C14H28O3. The van der Waals surface area contributed by atoms with Gasteiger partial charge in [0.15, 0.2) is 0 Å². The third-order valence-corrected chi connectivity index (χ3v) is 3.14. The normalized spacial score (nSPS) is 14.4. The van der Waals surface area contributed by atoms with Gasteiger partial charge in [-0.1, -0.05) is 46.0 Å². The van der Waals surface area contributed by atoms with Gasteiger partial charge in [-0.05, 0) is 13.3 Å². The van der Waals surface area contributed by atoms with E-state index in [-0.39, 0.29) is 24.6 Å². The van der Waals surface area contributed by atoms with E-state index < -0.39 is 0 Å². The molecule has 0 aliphatic rings. The van der Waals surface area contributed by atoms with Gasteiger partial charge in [-0.2, -0.15) is 0 Å². The second kappa shape index (κ2) is 10.6. The van der Waals surface area contributed by atoms with Gasteiger partial charge in [0, 0.05) is 18.9 Å². The minimum absolute atomic E-state index is 0.0171. The van der Waals surface area contributed by atoms with E-state index in [1.165, 1.54) is 25.7 Å². The first-order chi connectivity index (χ1) is 8.11. The molecule has 0 aliphatic carbocycles. The van der Waals surface area contributed by atoms with Gasteiger partial charge < -0.3 is 9.84 Å². The number of hydrogen-bond donors (Lipinski definition) is 1. The Morgan fingerprint density at radius 2 is 1.71 bits per heavy atom. The van der Waals surface area contributed by atoms with E-state index in [4.69, 9.17) is 9.84 Å². The Morgan fingerprint density at radius 3 is 2.29 bits per heavy atom. The molecule has 0 spiro atoms. The molecule has 102 valence electrons. The number of hydrogen-bond acceptors (Lipinski definition) is 3. The summed E-state index contributed by atoms with van der Waals surface area (Å²) in [5, 5.41) is 8.92. The van der Waals surface area contributed by atoms with Crippen LogP contribution < -0.4 is 0 Å². The van der Waals surface area contributed by atoms with E-state index in [2.05, 4.69) is 6.92 Å². The molecule has 0 saturated heterocycles. The molecule has 0 radical (unpaired) electrons. The molecule has 3 nitrogen and oxygen atoms in total. The number of ether oxygens (including phenoxy) is 1. The molecule has 3 heteroatoms. The van der Waals surface area contributed by atoms with Crippen molar-refractivity contribution in [2.45, 2.75) is 71.8 Å². The van der Waals surface area contributed by atoms with Crippen molar-refractivity contribution in [2.24, 2.45) is 5.92 Å². The quantitative estimate of drug-likeness (QED) is 0.474. The Morgan fingerprint density at radius 1 is 1.12 bits per heavy atom. The number of rotatable bonds is 10. The minimum atomic E-state index is -0.187. The first-order valence-corrected chi connectivity index (χ1v) is 6.92. The molecule has 0 aromatic heterocycles. The van der Waals surface area contributed by atoms with Crippen LogP contribution in [0.1, 0.15) is 65.7 Å². The Balaban J connectivity index is 3.46. The van der Waals surface area contributed by atoms with Crippen LogP contribution in [0.25, 0.3) is 0 Å². The average molecular weight is 244 g/mol. The van der Waals surface area contributed by atoms with Gasteiger partial charge in [0.05, 0.1) is 0 Å². The van der Waals surface area contributed by atoms with Crippen LogP contribution in [-0.4, -0.2) is 23.8 Å². The summed E-state index contributed by atoms with van der Waals surface area (Å²) in [6.45, 7) is 5.97. The lowest BCUT2D eigenvalue weighted by Crippen LogP contribution is -2.24. The highest BCUT2D eigenvalue weighted by Gasteiger charge is 2.15. The Bertz CT molecular complexity index is 192.